The normalized spacial score (nSPS) is 27.4. The first kappa shape index (κ1) is 16.4. The second-order valence-electron chi connectivity index (χ2n) is 5.48. The molecule has 0 aliphatic heterocycles. The van der Waals surface area contributed by atoms with Crippen LogP contribution in [-0.4, -0.2) is 48.1 Å². The summed E-state index contributed by atoms with van der Waals surface area (Å²) in [7, 11) is 0. The van der Waals surface area contributed by atoms with E-state index in [4.69, 9.17) is 9.84 Å². The van der Waals surface area contributed by atoms with E-state index in [-0.39, 0.29) is 5.92 Å². The lowest BCUT2D eigenvalue weighted by atomic mass is 9.79. The molecule has 1 saturated carbocycles. The van der Waals surface area contributed by atoms with Crippen molar-refractivity contribution in [3.8, 4) is 0 Å². The van der Waals surface area contributed by atoms with E-state index in [2.05, 4.69) is 12.2 Å². The number of carbonyl (C=O) groups is 1. The van der Waals surface area contributed by atoms with Crippen LogP contribution in [-0.2, 0) is 9.53 Å². The Hall–Kier alpha value is -0.650. The molecule has 0 aromatic heterocycles. The highest BCUT2D eigenvalue weighted by Crippen LogP contribution is 2.31. The van der Waals surface area contributed by atoms with Crippen molar-refractivity contribution in [2.75, 3.05) is 26.3 Å². The van der Waals surface area contributed by atoms with E-state index in [0.29, 0.717) is 38.8 Å². The fourth-order valence-corrected chi connectivity index (χ4v) is 2.39. The van der Waals surface area contributed by atoms with Gasteiger partial charge in [0.25, 0.3) is 0 Å². The maximum absolute atomic E-state index is 10.8. The Morgan fingerprint density at radius 1 is 1.37 bits per heavy atom. The molecule has 0 spiro atoms. The van der Waals surface area contributed by atoms with Gasteiger partial charge in [-0.1, -0.05) is 13.3 Å². The van der Waals surface area contributed by atoms with Gasteiger partial charge in [-0.3, -0.25) is 4.79 Å². The SMILES string of the molecule is CCCCOCCNCC1(O)CCC(C(=O)O)CC1. The molecule has 0 aromatic carbocycles. The molecule has 0 amide bonds. The summed E-state index contributed by atoms with van der Waals surface area (Å²) in [5.41, 5.74) is -0.741. The molecule has 0 heterocycles. The van der Waals surface area contributed by atoms with Crippen LogP contribution in [0, 0.1) is 5.92 Å². The molecule has 0 atom stereocenters. The maximum Gasteiger partial charge on any atom is 0.306 e. The highest BCUT2D eigenvalue weighted by Gasteiger charge is 2.35. The van der Waals surface area contributed by atoms with Crippen LogP contribution >= 0.6 is 0 Å². The number of rotatable bonds is 9. The average molecular weight is 273 g/mol. The van der Waals surface area contributed by atoms with Gasteiger partial charge in [0, 0.05) is 19.7 Å². The molecule has 1 aliphatic rings. The summed E-state index contributed by atoms with van der Waals surface area (Å²) in [5.74, 6) is -1.02. The average Bonchev–Trinajstić information content (AvgIpc) is 2.38. The van der Waals surface area contributed by atoms with Gasteiger partial charge in [-0.2, -0.15) is 0 Å². The summed E-state index contributed by atoms with van der Waals surface area (Å²) < 4.78 is 5.42. The zero-order valence-corrected chi connectivity index (χ0v) is 11.9. The maximum atomic E-state index is 10.8. The molecule has 1 rings (SSSR count). The van der Waals surface area contributed by atoms with E-state index < -0.39 is 11.6 Å². The molecule has 5 heteroatoms. The van der Waals surface area contributed by atoms with Crippen LogP contribution in [0.2, 0.25) is 0 Å². The van der Waals surface area contributed by atoms with E-state index >= 15 is 0 Å². The van der Waals surface area contributed by atoms with Crippen molar-refractivity contribution in [1.82, 2.24) is 5.32 Å². The zero-order valence-electron chi connectivity index (χ0n) is 11.9. The summed E-state index contributed by atoms with van der Waals surface area (Å²) in [5, 5.41) is 22.4. The minimum absolute atomic E-state index is 0.280. The Morgan fingerprint density at radius 3 is 2.63 bits per heavy atom. The van der Waals surface area contributed by atoms with Crippen LogP contribution in [0.5, 0.6) is 0 Å². The Labute approximate surface area is 115 Å². The molecule has 1 fully saturated rings. The molecule has 0 aromatic rings. The third-order valence-electron chi connectivity index (χ3n) is 3.79. The molecule has 1 aliphatic carbocycles. The van der Waals surface area contributed by atoms with Crippen LogP contribution in [0.3, 0.4) is 0 Å². The lowest BCUT2D eigenvalue weighted by Crippen LogP contribution is -2.45. The topological polar surface area (TPSA) is 78.8 Å². The molecule has 0 bridgehead atoms. The molecule has 5 nitrogen and oxygen atoms in total. The van der Waals surface area contributed by atoms with Crippen molar-refractivity contribution >= 4 is 5.97 Å². The fourth-order valence-electron chi connectivity index (χ4n) is 2.39. The molecule has 0 unspecified atom stereocenters. The monoisotopic (exact) mass is 273 g/mol. The number of ether oxygens (including phenoxy) is 1. The van der Waals surface area contributed by atoms with Gasteiger partial charge in [0.05, 0.1) is 18.1 Å². The van der Waals surface area contributed by atoms with Crippen molar-refractivity contribution in [2.45, 2.75) is 51.0 Å². The highest BCUT2D eigenvalue weighted by molar-refractivity contribution is 5.70. The van der Waals surface area contributed by atoms with Gasteiger partial charge in [0.15, 0.2) is 0 Å². The predicted molar refractivity (Wildman–Crippen MR) is 73.1 cm³/mol. The number of carboxylic acids is 1. The van der Waals surface area contributed by atoms with E-state index in [1.54, 1.807) is 0 Å². The fraction of sp³-hybridized carbons (Fsp3) is 0.929. The number of unbranched alkanes of at least 4 members (excludes halogenated alkanes) is 1. The standard InChI is InChI=1S/C14H27NO4/c1-2-3-9-19-10-8-15-11-14(18)6-4-12(5-7-14)13(16)17/h12,15,18H,2-11H2,1H3,(H,16,17). The number of carboxylic acid groups (broad SMARTS) is 1. The van der Waals surface area contributed by atoms with Gasteiger partial charge in [0.1, 0.15) is 0 Å². The number of aliphatic carboxylic acids is 1. The van der Waals surface area contributed by atoms with Crippen LogP contribution in [0.25, 0.3) is 0 Å². The van der Waals surface area contributed by atoms with Gasteiger partial charge in [-0.05, 0) is 32.1 Å². The van der Waals surface area contributed by atoms with Gasteiger partial charge >= 0.3 is 5.97 Å². The quantitative estimate of drug-likeness (QED) is 0.553. The van der Waals surface area contributed by atoms with Crippen LogP contribution in [0.1, 0.15) is 45.4 Å². The Balaban J connectivity index is 2.07. The predicted octanol–water partition coefficient (Wildman–Crippen LogP) is 1.40. The molecule has 3 N–H and O–H groups in total. The smallest absolute Gasteiger partial charge is 0.306 e. The second kappa shape index (κ2) is 8.51. The third kappa shape index (κ3) is 6.36. The van der Waals surface area contributed by atoms with Gasteiger partial charge < -0.3 is 20.3 Å². The van der Waals surface area contributed by atoms with Crippen LogP contribution in [0.4, 0.5) is 0 Å². The Kier molecular flexibility index (Phi) is 7.34. The van der Waals surface area contributed by atoms with E-state index in [9.17, 15) is 9.90 Å². The first-order valence-corrected chi connectivity index (χ1v) is 7.31. The summed E-state index contributed by atoms with van der Waals surface area (Å²) in [6.07, 6.45) is 4.49. The lowest BCUT2D eigenvalue weighted by molar-refractivity contribution is -0.144. The van der Waals surface area contributed by atoms with Gasteiger partial charge in [-0.25, -0.2) is 0 Å². The Bertz CT molecular complexity index is 262. The molecule has 19 heavy (non-hydrogen) atoms. The molecular formula is C14H27NO4. The summed E-state index contributed by atoms with van der Waals surface area (Å²) >= 11 is 0. The van der Waals surface area contributed by atoms with Crippen molar-refractivity contribution in [2.24, 2.45) is 5.92 Å². The van der Waals surface area contributed by atoms with E-state index in [0.717, 1.165) is 26.0 Å². The second-order valence-corrected chi connectivity index (χ2v) is 5.48. The summed E-state index contributed by atoms with van der Waals surface area (Å²) in [6.45, 7) is 4.84. The minimum Gasteiger partial charge on any atom is -0.481 e. The minimum atomic E-state index is -0.741. The largest absolute Gasteiger partial charge is 0.481 e. The zero-order chi connectivity index (χ0) is 14.1. The van der Waals surface area contributed by atoms with Crippen molar-refractivity contribution in [3.63, 3.8) is 0 Å². The lowest BCUT2D eigenvalue weighted by Gasteiger charge is -2.34. The Morgan fingerprint density at radius 2 is 2.05 bits per heavy atom. The number of aliphatic hydroxyl groups is 1. The van der Waals surface area contributed by atoms with Crippen molar-refractivity contribution < 1.29 is 19.7 Å². The van der Waals surface area contributed by atoms with E-state index in [1.165, 1.54) is 0 Å². The first-order valence-electron chi connectivity index (χ1n) is 7.31. The number of nitrogens with one attached hydrogen (secondary N) is 1. The molecular weight excluding hydrogens is 246 g/mol. The van der Waals surface area contributed by atoms with Gasteiger partial charge in [-0.15, -0.1) is 0 Å². The molecule has 0 saturated heterocycles. The highest BCUT2D eigenvalue weighted by atomic mass is 16.5. The van der Waals surface area contributed by atoms with Crippen LogP contribution in [0.15, 0.2) is 0 Å². The van der Waals surface area contributed by atoms with Crippen molar-refractivity contribution in [3.05, 3.63) is 0 Å². The number of hydrogen-bond donors (Lipinski definition) is 3. The van der Waals surface area contributed by atoms with Crippen LogP contribution < -0.4 is 5.32 Å². The van der Waals surface area contributed by atoms with Crippen molar-refractivity contribution in [1.29, 1.82) is 0 Å². The molecule has 112 valence electrons. The third-order valence-corrected chi connectivity index (χ3v) is 3.79. The molecule has 0 radical (unpaired) electrons. The van der Waals surface area contributed by atoms with E-state index in [1.807, 2.05) is 0 Å². The number of hydrogen-bond acceptors (Lipinski definition) is 4. The summed E-state index contributed by atoms with van der Waals surface area (Å²) in [4.78, 5) is 10.8. The summed E-state index contributed by atoms with van der Waals surface area (Å²) in [6, 6.07) is 0. The van der Waals surface area contributed by atoms with Gasteiger partial charge in [0.2, 0.25) is 0 Å². The first-order chi connectivity index (χ1) is 9.07.